The molecule has 1 aromatic rings. The van der Waals surface area contributed by atoms with Gasteiger partial charge in [0.15, 0.2) is 17.6 Å². The summed E-state index contributed by atoms with van der Waals surface area (Å²) in [6.45, 7) is 0.167. The Morgan fingerprint density at radius 1 is 0.885 bits per heavy atom. The van der Waals surface area contributed by atoms with E-state index in [4.69, 9.17) is 18.9 Å². The summed E-state index contributed by atoms with van der Waals surface area (Å²) in [7, 11) is 0. The summed E-state index contributed by atoms with van der Waals surface area (Å²) in [5, 5.41) is 0. The Bertz CT molecular complexity index is 762. The standard InChI is InChI=1S/C18H18N2O6/c21-17(15-9-23-11-5-1-3-7-13(11)25-15)19-20-18(22)16-10-24-12-6-2-4-8-14(12)26-16/h1-8,11,13,15-16H,9-10H2,(H,19,21)(H,20,22)/t11-,13-,15+,16+/m1/s1. The maximum Gasteiger partial charge on any atom is 0.283 e. The molecule has 3 aliphatic rings. The number of benzene rings is 1. The van der Waals surface area contributed by atoms with Gasteiger partial charge in [0.05, 0.1) is 6.61 Å². The smallest absolute Gasteiger partial charge is 0.283 e. The van der Waals surface area contributed by atoms with Gasteiger partial charge in [-0.1, -0.05) is 36.4 Å². The van der Waals surface area contributed by atoms with Gasteiger partial charge in [0.1, 0.15) is 18.8 Å². The van der Waals surface area contributed by atoms with Gasteiger partial charge in [-0.25, -0.2) is 0 Å². The number of hydrazine groups is 1. The number of amides is 2. The molecule has 2 N–H and O–H groups in total. The van der Waals surface area contributed by atoms with E-state index in [0.29, 0.717) is 11.5 Å². The van der Waals surface area contributed by atoms with Gasteiger partial charge in [0, 0.05) is 0 Å². The number of carbonyl (C=O) groups excluding carboxylic acids is 2. The molecule has 1 saturated heterocycles. The van der Waals surface area contributed by atoms with E-state index >= 15 is 0 Å². The molecule has 1 aliphatic carbocycles. The molecule has 0 radical (unpaired) electrons. The SMILES string of the molecule is O=C(NNC(=O)[C@@H]1CO[C@@H]2C=CC=C[C@H]2O1)[C@@H]1COc2ccccc2O1. The number of carbonyl (C=O) groups is 2. The van der Waals surface area contributed by atoms with Gasteiger partial charge < -0.3 is 18.9 Å². The zero-order valence-corrected chi connectivity index (χ0v) is 13.8. The van der Waals surface area contributed by atoms with Crippen LogP contribution in [0.4, 0.5) is 0 Å². The summed E-state index contributed by atoms with van der Waals surface area (Å²) < 4.78 is 22.4. The Morgan fingerprint density at radius 2 is 1.58 bits per heavy atom. The second kappa shape index (κ2) is 7.19. The molecule has 0 spiro atoms. The van der Waals surface area contributed by atoms with Crippen LogP contribution in [0.1, 0.15) is 0 Å². The van der Waals surface area contributed by atoms with E-state index in [1.54, 1.807) is 18.2 Å². The Labute approximate surface area is 149 Å². The average molecular weight is 358 g/mol. The Hall–Kier alpha value is -2.84. The molecule has 0 aromatic heterocycles. The molecule has 2 aliphatic heterocycles. The fourth-order valence-corrected chi connectivity index (χ4v) is 2.84. The van der Waals surface area contributed by atoms with Crippen molar-refractivity contribution in [3.63, 3.8) is 0 Å². The highest BCUT2D eigenvalue weighted by atomic mass is 16.6. The van der Waals surface area contributed by atoms with E-state index in [1.807, 2.05) is 30.4 Å². The first-order valence-corrected chi connectivity index (χ1v) is 8.31. The summed E-state index contributed by atoms with van der Waals surface area (Å²) in [6, 6.07) is 7.07. The predicted molar refractivity (Wildman–Crippen MR) is 89.3 cm³/mol. The van der Waals surface area contributed by atoms with E-state index in [0.717, 1.165) is 0 Å². The lowest BCUT2D eigenvalue weighted by molar-refractivity contribution is -0.169. The topological polar surface area (TPSA) is 95.1 Å². The summed E-state index contributed by atoms with van der Waals surface area (Å²) in [5.74, 6) is 0.0646. The van der Waals surface area contributed by atoms with Crippen LogP contribution in [-0.4, -0.2) is 49.4 Å². The minimum absolute atomic E-state index is 0.0582. The van der Waals surface area contributed by atoms with Crippen molar-refractivity contribution in [3.05, 3.63) is 48.6 Å². The minimum Gasteiger partial charge on any atom is -0.485 e. The van der Waals surface area contributed by atoms with Crippen molar-refractivity contribution < 1.29 is 28.5 Å². The molecular formula is C18H18N2O6. The van der Waals surface area contributed by atoms with E-state index in [-0.39, 0.29) is 25.4 Å². The first kappa shape index (κ1) is 16.6. The quantitative estimate of drug-likeness (QED) is 0.736. The number of allylic oxidation sites excluding steroid dienone is 2. The molecule has 4 atom stereocenters. The van der Waals surface area contributed by atoms with Gasteiger partial charge in [0.25, 0.3) is 11.8 Å². The van der Waals surface area contributed by atoms with Crippen molar-refractivity contribution in [3.8, 4) is 11.5 Å². The summed E-state index contributed by atoms with van der Waals surface area (Å²) >= 11 is 0. The molecule has 136 valence electrons. The molecule has 8 nitrogen and oxygen atoms in total. The van der Waals surface area contributed by atoms with Crippen molar-refractivity contribution in [2.75, 3.05) is 13.2 Å². The van der Waals surface area contributed by atoms with Crippen molar-refractivity contribution in [2.24, 2.45) is 0 Å². The van der Waals surface area contributed by atoms with Crippen LogP contribution in [0.15, 0.2) is 48.6 Å². The second-order valence-corrected chi connectivity index (χ2v) is 6.00. The third-order valence-corrected chi connectivity index (χ3v) is 4.20. The van der Waals surface area contributed by atoms with Gasteiger partial charge in [-0.05, 0) is 12.1 Å². The van der Waals surface area contributed by atoms with Gasteiger partial charge in [-0.2, -0.15) is 0 Å². The van der Waals surface area contributed by atoms with E-state index < -0.39 is 24.0 Å². The van der Waals surface area contributed by atoms with Gasteiger partial charge in [-0.3, -0.25) is 20.4 Å². The van der Waals surface area contributed by atoms with Crippen molar-refractivity contribution in [1.82, 2.24) is 10.9 Å². The zero-order chi connectivity index (χ0) is 17.9. The van der Waals surface area contributed by atoms with Crippen LogP contribution in [0.25, 0.3) is 0 Å². The van der Waals surface area contributed by atoms with Crippen molar-refractivity contribution >= 4 is 11.8 Å². The van der Waals surface area contributed by atoms with Crippen LogP contribution in [0.5, 0.6) is 11.5 Å². The van der Waals surface area contributed by atoms with Crippen LogP contribution in [0.2, 0.25) is 0 Å². The third kappa shape index (κ3) is 3.42. The maximum absolute atomic E-state index is 12.2. The van der Waals surface area contributed by atoms with Crippen LogP contribution in [0, 0.1) is 0 Å². The molecule has 2 amide bonds. The van der Waals surface area contributed by atoms with E-state index in [2.05, 4.69) is 10.9 Å². The number of para-hydroxylation sites is 2. The minimum atomic E-state index is -0.857. The summed E-state index contributed by atoms with van der Waals surface area (Å²) in [5.41, 5.74) is 4.69. The Morgan fingerprint density at radius 3 is 2.38 bits per heavy atom. The Kier molecular flexibility index (Phi) is 4.59. The molecule has 4 rings (SSSR count). The lowest BCUT2D eigenvalue weighted by atomic mass is 10.1. The van der Waals surface area contributed by atoms with Gasteiger partial charge in [0.2, 0.25) is 6.10 Å². The zero-order valence-electron chi connectivity index (χ0n) is 13.8. The largest absolute Gasteiger partial charge is 0.485 e. The highest BCUT2D eigenvalue weighted by Gasteiger charge is 2.34. The van der Waals surface area contributed by atoms with Gasteiger partial charge in [-0.15, -0.1) is 0 Å². The highest BCUT2D eigenvalue weighted by molar-refractivity contribution is 5.87. The fourth-order valence-electron chi connectivity index (χ4n) is 2.84. The number of hydrogen-bond acceptors (Lipinski definition) is 6. The molecule has 8 heteroatoms. The second-order valence-electron chi connectivity index (χ2n) is 6.00. The van der Waals surface area contributed by atoms with Gasteiger partial charge >= 0.3 is 0 Å². The van der Waals surface area contributed by atoms with Crippen molar-refractivity contribution in [1.29, 1.82) is 0 Å². The molecule has 0 unspecified atom stereocenters. The number of fused-ring (bicyclic) bond motifs is 2. The molecule has 1 fully saturated rings. The fraction of sp³-hybridized carbons (Fsp3) is 0.333. The number of ether oxygens (including phenoxy) is 4. The van der Waals surface area contributed by atoms with Crippen LogP contribution in [-0.2, 0) is 19.1 Å². The number of hydrogen-bond donors (Lipinski definition) is 2. The average Bonchev–Trinajstić information content (AvgIpc) is 2.71. The first-order chi connectivity index (χ1) is 12.7. The maximum atomic E-state index is 12.2. The first-order valence-electron chi connectivity index (χ1n) is 8.31. The monoisotopic (exact) mass is 358 g/mol. The summed E-state index contributed by atoms with van der Waals surface area (Å²) in [6.07, 6.45) is 5.24. The normalized spacial score (nSPS) is 28.8. The van der Waals surface area contributed by atoms with E-state index in [9.17, 15) is 9.59 Å². The molecule has 26 heavy (non-hydrogen) atoms. The van der Waals surface area contributed by atoms with Crippen molar-refractivity contribution in [2.45, 2.75) is 24.4 Å². The van der Waals surface area contributed by atoms with Crippen LogP contribution >= 0.6 is 0 Å². The molecule has 1 aromatic carbocycles. The molecule has 0 saturated carbocycles. The Balaban J connectivity index is 1.27. The lowest BCUT2D eigenvalue weighted by Gasteiger charge is -2.34. The highest BCUT2D eigenvalue weighted by Crippen LogP contribution is 2.30. The molecule has 2 heterocycles. The molecule has 0 bridgehead atoms. The number of nitrogens with one attached hydrogen (secondary N) is 2. The lowest BCUT2D eigenvalue weighted by Crippen LogP contribution is -2.56. The van der Waals surface area contributed by atoms with E-state index in [1.165, 1.54) is 0 Å². The predicted octanol–water partition coefficient (Wildman–Crippen LogP) is 0.252. The summed E-state index contributed by atoms with van der Waals surface area (Å²) in [4.78, 5) is 24.4. The third-order valence-electron chi connectivity index (χ3n) is 4.20. The molecular weight excluding hydrogens is 340 g/mol. The van der Waals surface area contributed by atoms with Crippen LogP contribution < -0.4 is 20.3 Å². The van der Waals surface area contributed by atoms with Crippen LogP contribution in [0.3, 0.4) is 0 Å². The number of rotatable bonds is 2.